The molecule has 2 amide bonds. The van der Waals surface area contributed by atoms with Gasteiger partial charge in [0.05, 0.1) is 11.9 Å². The fourth-order valence-corrected chi connectivity index (χ4v) is 5.49. The van der Waals surface area contributed by atoms with Crippen LogP contribution in [0.2, 0.25) is 0 Å². The molecule has 0 heterocycles. The number of carbonyl (C=O) groups is 2. The second-order valence-corrected chi connectivity index (χ2v) is 11.7. The van der Waals surface area contributed by atoms with E-state index < -0.39 is 16.1 Å². The summed E-state index contributed by atoms with van der Waals surface area (Å²) in [6, 6.07) is 25.8. The number of sulfonamides is 1. The first-order chi connectivity index (χ1) is 18.7. The number of hydrogen-bond acceptors (Lipinski definition) is 4. The molecule has 0 unspecified atom stereocenters. The highest BCUT2D eigenvalue weighted by Gasteiger charge is 2.30. The molecular weight excluding hydrogens is 510 g/mol. The highest BCUT2D eigenvalue weighted by molar-refractivity contribution is 7.92. The highest BCUT2D eigenvalue weighted by Crippen LogP contribution is 2.20. The van der Waals surface area contributed by atoms with Crippen molar-refractivity contribution in [1.29, 1.82) is 0 Å². The predicted molar refractivity (Wildman–Crippen MR) is 157 cm³/mol. The molecule has 7 nitrogen and oxygen atoms in total. The fourth-order valence-electron chi connectivity index (χ4n) is 4.53. The van der Waals surface area contributed by atoms with Crippen molar-refractivity contribution in [2.24, 2.45) is 0 Å². The van der Waals surface area contributed by atoms with Gasteiger partial charge < -0.3 is 10.2 Å². The number of carbonyl (C=O) groups excluding carboxylic acids is 2. The van der Waals surface area contributed by atoms with Crippen molar-refractivity contribution >= 4 is 27.5 Å². The van der Waals surface area contributed by atoms with Gasteiger partial charge in [-0.2, -0.15) is 0 Å². The average molecular weight is 550 g/mol. The lowest BCUT2D eigenvalue weighted by molar-refractivity contribution is -0.141. The summed E-state index contributed by atoms with van der Waals surface area (Å²) in [5, 5.41) is 2.98. The summed E-state index contributed by atoms with van der Waals surface area (Å²) < 4.78 is 26.3. The first kappa shape index (κ1) is 29.9. The summed E-state index contributed by atoms with van der Waals surface area (Å²) in [7, 11) is -3.53. The third-order valence-corrected chi connectivity index (χ3v) is 7.65. The minimum absolute atomic E-state index is 0.108. The van der Waals surface area contributed by atoms with Crippen LogP contribution >= 0.6 is 0 Å². The van der Waals surface area contributed by atoms with Crippen molar-refractivity contribution in [3.8, 4) is 0 Å². The van der Waals surface area contributed by atoms with E-state index in [1.807, 2.05) is 74.5 Å². The van der Waals surface area contributed by atoms with Crippen LogP contribution in [0.1, 0.15) is 42.9 Å². The Hall–Kier alpha value is -3.65. The molecule has 8 heteroatoms. The zero-order chi connectivity index (χ0) is 28.3. The third kappa shape index (κ3) is 9.25. The standard InChI is InChI=1S/C31H39N3O4S/c1-4-20-32-31(36)29(23-26-14-7-5-8-15-26)33(24-27-16-11-13-25(2)22-27)30(35)19-12-21-34(39(3,37)38)28-17-9-6-10-18-28/h5-11,13-18,22,29H,4,12,19-21,23-24H2,1-3H3,(H,32,36)/t29-/m0/s1. The molecule has 0 radical (unpaired) electrons. The lowest BCUT2D eigenvalue weighted by Gasteiger charge is -2.32. The summed E-state index contributed by atoms with van der Waals surface area (Å²) in [6.07, 6.45) is 2.76. The second kappa shape index (κ2) is 14.5. The molecule has 0 aliphatic heterocycles. The number of hydrogen-bond donors (Lipinski definition) is 1. The van der Waals surface area contributed by atoms with E-state index in [0.717, 1.165) is 23.1 Å². The molecule has 0 fully saturated rings. The topological polar surface area (TPSA) is 86.8 Å². The minimum atomic E-state index is -3.53. The molecule has 3 aromatic carbocycles. The van der Waals surface area contributed by atoms with Gasteiger partial charge in [0.25, 0.3) is 0 Å². The fraction of sp³-hybridized carbons (Fsp3) is 0.355. The monoisotopic (exact) mass is 549 g/mol. The van der Waals surface area contributed by atoms with Gasteiger partial charge in [-0.3, -0.25) is 13.9 Å². The maximum absolute atomic E-state index is 13.8. The van der Waals surface area contributed by atoms with Crippen LogP contribution < -0.4 is 9.62 Å². The molecule has 0 spiro atoms. The number of nitrogens with one attached hydrogen (secondary N) is 1. The Kier molecular flexibility index (Phi) is 11.1. The number of para-hydroxylation sites is 1. The highest BCUT2D eigenvalue weighted by atomic mass is 32.2. The summed E-state index contributed by atoms with van der Waals surface area (Å²) >= 11 is 0. The quantitative estimate of drug-likeness (QED) is 0.316. The Morgan fingerprint density at radius 2 is 1.54 bits per heavy atom. The number of anilines is 1. The van der Waals surface area contributed by atoms with Gasteiger partial charge in [0.2, 0.25) is 21.8 Å². The molecule has 0 aliphatic carbocycles. The van der Waals surface area contributed by atoms with E-state index in [0.29, 0.717) is 25.1 Å². The lowest BCUT2D eigenvalue weighted by Crippen LogP contribution is -2.50. The molecular formula is C31H39N3O4S. The van der Waals surface area contributed by atoms with Crippen LogP contribution in [0.25, 0.3) is 0 Å². The van der Waals surface area contributed by atoms with Crippen molar-refractivity contribution in [2.45, 2.75) is 52.1 Å². The van der Waals surface area contributed by atoms with Crippen LogP contribution in [0.15, 0.2) is 84.9 Å². The number of amides is 2. The minimum Gasteiger partial charge on any atom is -0.354 e. The molecule has 1 atom stereocenters. The Bertz CT molecular complexity index is 1310. The van der Waals surface area contributed by atoms with Gasteiger partial charge in [-0.1, -0.05) is 85.3 Å². The van der Waals surface area contributed by atoms with Crippen molar-refractivity contribution in [3.05, 3.63) is 102 Å². The Morgan fingerprint density at radius 3 is 2.15 bits per heavy atom. The number of benzene rings is 3. The normalized spacial score (nSPS) is 12.0. The largest absolute Gasteiger partial charge is 0.354 e. The van der Waals surface area contributed by atoms with Crippen LogP contribution in [0.3, 0.4) is 0 Å². The molecule has 3 aromatic rings. The van der Waals surface area contributed by atoms with Gasteiger partial charge in [0.1, 0.15) is 6.04 Å². The molecule has 39 heavy (non-hydrogen) atoms. The van der Waals surface area contributed by atoms with Crippen molar-refractivity contribution in [1.82, 2.24) is 10.2 Å². The number of aryl methyl sites for hydroxylation is 1. The van der Waals surface area contributed by atoms with E-state index in [4.69, 9.17) is 0 Å². The summed E-state index contributed by atoms with van der Waals surface area (Å²) in [6.45, 7) is 4.96. The number of nitrogens with zero attached hydrogens (tertiary/aromatic N) is 2. The van der Waals surface area contributed by atoms with Gasteiger partial charge in [-0.15, -0.1) is 0 Å². The molecule has 208 valence electrons. The van der Waals surface area contributed by atoms with E-state index in [-0.39, 0.29) is 31.3 Å². The van der Waals surface area contributed by atoms with Gasteiger partial charge in [-0.25, -0.2) is 8.42 Å². The Morgan fingerprint density at radius 1 is 0.897 bits per heavy atom. The van der Waals surface area contributed by atoms with E-state index in [1.54, 1.807) is 29.2 Å². The van der Waals surface area contributed by atoms with Crippen LogP contribution in [-0.2, 0) is 32.6 Å². The zero-order valence-corrected chi connectivity index (χ0v) is 23.9. The molecule has 0 saturated heterocycles. The van der Waals surface area contributed by atoms with Crippen molar-refractivity contribution in [3.63, 3.8) is 0 Å². The molecule has 0 aromatic heterocycles. The van der Waals surface area contributed by atoms with Gasteiger partial charge in [0, 0.05) is 32.5 Å². The van der Waals surface area contributed by atoms with Gasteiger partial charge in [-0.05, 0) is 43.0 Å². The molecule has 3 rings (SSSR count). The van der Waals surface area contributed by atoms with Crippen LogP contribution in [0.4, 0.5) is 5.69 Å². The SMILES string of the molecule is CCCNC(=O)[C@H](Cc1ccccc1)N(Cc1cccc(C)c1)C(=O)CCCN(c1ccccc1)S(C)(=O)=O. The Labute approximate surface area is 232 Å². The summed E-state index contributed by atoms with van der Waals surface area (Å²) in [4.78, 5) is 28.9. The second-order valence-electron chi connectivity index (χ2n) is 9.78. The maximum atomic E-state index is 13.8. The van der Waals surface area contributed by atoms with Gasteiger partial charge >= 0.3 is 0 Å². The van der Waals surface area contributed by atoms with Crippen molar-refractivity contribution < 1.29 is 18.0 Å². The first-order valence-electron chi connectivity index (χ1n) is 13.4. The smallest absolute Gasteiger partial charge is 0.243 e. The van der Waals surface area contributed by atoms with Crippen molar-refractivity contribution in [2.75, 3.05) is 23.7 Å². The summed E-state index contributed by atoms with van der Waals surface area (Å²) in [5.74, 6) is -0.380. The van der Waals surface area contributed by atoms with Gasteiger partial charge in [0.15, 0.2) is 0 Å². The maximum Gasteiger partial charge on any atom is 0.243 e. The van der Waals surface area contributed by atoms with E-state index in [9.17, 15) is 18.0 Å². The molecule has 1 N–H and O–H groups in total. The molecule has 0 bridgehead atoms. The molecule has 0 saturated carbocycles. The Balaban J connectivity index is 1.86. The number of rotatable bonds is 14. The predicted octanol–water partition coefficient (Wildman–Crippen LogP) is 4.71. The van der Waals surface area contributed by atoms with Crippen LogP contribution in [0, 0.1) is 6.92 Å². The van der Waals surface area contributed by atoms with Crippen LogP contribution in [0.5, 0.6) is 0 Å². The summed E-state index contributed by atoms with van der Waals surface area (Å²) in [5.41, 5.74) is 3.53. The zero-order valence-electron chi connectivity index (χ0n) is 23.0. The van der Waals surface area contributed by atoms with Crippen LogP contribution in [-0.4, -0.2) is 50.5 Å². The van der Waals surface area contributed by atoms with E-state index in [2.05, 4.69) is 5.32 Å². The van der Waals surface area contributed by atoms with E-state index in [1.165, 1.54) is 10.6 Å². The first-order valence-corrected chi connectivity index (χ1v) is 15.2. The lowest BCUT2D eigenvalue weighted by atomic mass is 10.0. The third-order valence-electron chi connectivity index (χ3n) is 6.45. The van der Waals surface area contributed by atoms with E-state index >= 15 is 0 Å². The average Bonchev–Trinajstić information content (AvgIpc) is 2.92. The molecule has 0 aliphatic rings.